The van der Waals surface area contributed by atoms with Crippen LogP contribution in [0, 0.1) is 20.8 Å². The molecule has 1 aliphatic rings. The Bertz CT molecular complexity index is 1310. The summed E-state index contributed by atoms with van der Waals surface area (Å²) in [7, 11) is -3.74. The first-order valence-corrected chi connectivity index (χ1v) is 13.9. The van der Waals surface area contributed by atoms with Crippen LogP contribution >= 0.6 is 22.7 Å². The number of thiazole rings is 1. The summed E-state index contributed by atoms with van der Waals surface area (Å²) in [5.74, 6) is 1.56. The first kappa shape index (κ1) is 24.7. The van der Waals surface area contributed by atoms with E-state index >= 15 is 0 Å². The quantitative estimate of drug-likeness (QED) is 0.424. The Hall–Kier alpha value is -2.39. The van der Waals surface area contributed by atoms with Gasteiger partial charge in [-0.15, -0.1) is 11.3 Å². The van der Waals surface area contributed by atoms with E-state index in [2.05, 4.69) is 42.8 Å². The number of aromatic nitrogens is 3. The molecule has 0 saturated carbocycles. The van der Waals surface area contributed by atoms with Crippen molar-refractivity contribution in [2.45, 2.75) is 37.9 Å². The summed E-state index contributed by atoms with van der Waals surface area (Å²) in [6, 6.07) is 0.108. The van der Waals surface area contributed by atoms with Crippen molar-refractivity contribution in [2.24, 2.45) is 0 Å². The predicted molar refractivity (Wildman–Crippen MR) is 134 cm³/mol. The van der Waals surface area contributed by atoms with Gasteiger partial charge in [-0.1, -0.05) is 11.3 Å². The molecule has 1 amide bonds. The Morgan fingerprint density at radius 2 is 1.88 bits per heavy atom. The van der Waals surface area contributed by atoms with Crippen LogP contribution in [-0.4, -0.2) is 82.5 Å². The number of anilines is 2. The predicted octanol–water partition coefficient (Wildman–Crippen LogP) is 2.97. The first-order chi connectivity index (χ1) is 16.0. The molecule has 11 nitrogen and oxygen atoms in total. The summed E-state index contributed by atoms with van der Waals surface area (Å²) in [6.45, 7) is 10.2. The number of hydrogen-bond acceptors (Lipinski definition) is 10. The second-order valence-corrected chi connectivity index (χ2v) is 12.3. The lowest BCUT2D eigenvalue weighted by Gasteiger charge is -2.35. The highest BCUT2D eigenvalue weighted by atomic mass is 32.2. The fraction of sp³-hybridized carbons (Fsp3) is 0.500. The van der Waals surface area contributed by atoms with Gasteiger partial charge in [-0.05, 0) is 38.6 Å². The Kier molecular flexibility index (Phi) is 7.05. The molecule has 1 atom stereocenters. The van der Waals surface area contributed by atoms with E-state index in [4.69, 9.17) is 5.11 Å². The highest BCUT2D eigenvalue weighted by molar-refractivity contribution is 7.91. The van der Waals surface area contributed by atoms with Crippen LogP contribution in [0.25, 0.3) is 10.2 Å². The second kappa shape index (κ2) is 9.70. The average molecular weight is 526 g/mol. The Labute approximate surface area is 205 Å². The number of thiophene rings is 1. The van der Waals surface area contributed by atoms with E-state index in [0.29, 0.717) is 31.9 Å². The Balaban J connectivity index is 1.37. The van der Waals surface area contributed by atoms with Crippen molar-refractivity contribution < 1.29 is 18.3 Å². The van der Waals surface area contributed by atoms with Gasteiger partial charge in [0.05, 0.1) is 15.9 Å². The van der Waals surface area contributed by atoms with Crippen LogP contribution in [0.1, 0.15) is 24.0 Å². The summed E-state index contributed by atoms with van der Waals surface area (Å²) in [5.41, 5.74) is 2.41. The maximum Gasteiger partial charge on any atom is 0.410 e. The van der Waals surface area contributed by atoms with E-state index in [1.807, 2.05) is 13.8 Å². The van der Waals surface area contributed by atoms with Gasteiger partial charge in [0.15, 0.2) is 9.34 Å². The molecule has 0 aromatic carbocycles. The second-order valence-electron chi connectivity index (χ2n) is 8.29. The number of carboxylic acid groups (broad SMARTS) is 1. The summed E-state index contributed by atoms with van der Waals surface area (Å²) < 4.78 is 28.8. The van der Waals surface area contributed by atoms with E-state index < -0.39 is 16.1 Å². The van der Waals surface area contributed by atoms with Crippen molar-refractivity contribution >= 4 is 60.0 Å². The maximum atomic E-state index is 13.1. The highest BCUT2D eigenvalue weighted by Gasteiger charge is 2.32. The van der Waals surface area contributed by atoms with E-state index in [1.165, 1.54) is 4.31 Å². The summed E-state index contributed by atoms with van der Waals surface area (Å²) in [5, 5.41) is 16.6. The van der Waals surface area contributed by atoms with Gasteiger partial charge < -0.3 is 10.4 Å². The SMILES string of the molecule is Cc1nc(NC(C)CN2CCN(S(=O)(=O)c3sc(NC(=O)O)nc3C)CC2)c2scc(C)c2n1. The van der Waals surface area contributed by atoms with Crippen LogP contribution in [0.2, 0.25) is 0 Å². The van der Waals surface area contributed by atoms with Gasteiger partial charge in [-0.2, -0.15) is 4.31 Å². The maximum absolute atomic E-state index is 13.1. The number of rotatable bonds is 7. The third-order valence-electron chi connectivity index (χ3n) is 5.49. The van der Waals surface area contributed by atoms with E-state index in [-0.39, 0.29) is 15.4 Å². The molecule has 0 bridgehead atoms. The van der Waals surface area contributed by atoms with Crippen LogP contribution in [-0.2, 0) is 10.0 Å². The Morgan fingerprint density at radius 3 is 2.56 bits per heavy atom. The smallest absolute Gasteiger partial charge is 0.410 e. The summed E-state index contributed by atoms with van der Waals surface area (Å²) in [4.78, 5) is 26.2. The van der Waals surface area contributed by atoms with Gasteiger partial charge in [-0.3, -0.25) is 10.2 Å². The van der Waals surface area contributed by atoms with Crippen LogP contribution in [0.4, 0.5) is 15.7 Å². The molecule has 1 aliphatic heterocycles. The number of fused-ring (bicyclic) bond motifs is 1. The molecule has 4 rings (SSSR count). The van der Waals surface area contributed by atoms with E-state index in [9.17, 15) is 13.2 Å². The van der Waals surface area contributed by atoms with Gasteiger partial charge in [0.25, 0.3) is 10.0 Å². The lowest BCUT2D eigenvalue weighted by atomic mass is 10.2. The normalized spacial score (nSPS) is 16.6. The number of sulfonamides is 1. The van der Waals surface area contributed by atoms with Gasteiger partial charge in [0.1, 0.15) is 11.6 Å². The molecular formula is C20H27N7O4S3. The van der Waals surface area contributed by atoms with Crippen molar-refractivity contribution in [3.63, 3.8) is 0 Å². The van der Waals surface area contributed by atoms with Crippen molar-refractivity contribution in [1.82, 2.24) is 24.2 Å². The minimum absolute atomic E-state index is 0.0529. The van der Waals surface area contributed by atoms with Crippen molar-refractivity contribution in [2.75, 3.05) is 43.4 Å². The minimum atomic E-state index is -3.74. The third kappa shape index (κ3) is 5.15. The van der Waals surface area contributed by atoms with Crippen LogP contribution in [0.15, 0.2) is 9.59 Å². The monoisotopic (exact) mass is 525 g/mol. The van der Waals surface area contributed by atoms with Gasteiger partial charge in [0.2, 0.25) is 0 Å². The number of piperazine rings is 1. The van der Waals surface area contributed by atoms with Crippen molar-refractivity contribution in [3.8, 4) is 0 Å². The molecule has 1 fully saturated rings. The molecule has 0 aliphatic carbocycles. The molecule has 34 heavy (non-hydrogen) atoms. The molecular weight excluding hydrogens is 498 g/mol. The number of carbonyl (C=O) groups is 1. The lowest BCUT2D eigenvalue weighted by molar-refractivity contribution is 0.184. The first-order valence-electron chi connectivity index (χ1n) is 10.7. The van der Waals surface area contributed by atoms with Gasteiger partial charge in [-0.25, -0.2) is 28.2 Å². The lowest BCUT2D eigenvalue weighted by Crippen LogP contribution is -2.50. The molecule has 3 aromatic heterocycles. The third-order valence-corrected chi connectivity index (χ3v) is 10.1. The zero-order chi connectivity index (χ0) is 24.6. The fourth-order valence-electron chi connectivity index (χ4n) is 3.94. The Morgan fingerprint density at radius 1 is 1.18 bits per heavy atom. The number of aryl methyl sites for hydroxylation is 3. The van der Waals surface area contributed by atoms with Gasteiger partial charge in [0, 0.05) is 38.8 Å². The standard InChI is InChI=1S/C20H27N7O4S3/c1-11-10-32-16-15(11)23-14(4)24-17(16)21-12(2)9-26-5-7-27(8-6-26)34(30,31)18-13(3)22-19(33-18)25-20(28)29/h10,12H,5-9H2,1-4H3,(H,22,25)(H,28,29)(H,21,23,24). The van der Waals surface area contributed by atoms with Crippen molar-refractivity contribution in [3.05, 3.63) is 22.5 Å². The largest absolute Gasteiger partial charge is 0.465 e. The molecule has 184 valence electrons. The number of amides is 1. The summed E-state index contributed by atoms with van der Waals surface area (Å²) >= 11 is 2.47. The van der Waals surface area contributed by atoms with Crippen LogP contribution in [0.3, 0.4) is 0 Å². The van der Waals surface area contributed by atoms with E-state index in [1.54, 1.807) is 18.3 Å². The number of nitrogens with one attached hydrogen (secondary N) is 2. The van der Waals surface area contributed by atoms with E-state index in [0.717, 1.165) is 45.3 Å². The zero-order valence-corrected chi connectivity index (χ0v) is 21.8. The topological polar surface area (TPSA) is 141 Å². The molecule has 14 heteroatoms. The highest BCUT2D eigenvalue weighted by Crippen LogP contribution is 2.31. The van der Waals surface area contributed by atoms with Crippen LogP contribution in [0.5, 0.6) is 0 Å². The molecule has 3 N–H and O–H groups in total. The summed E-state index contributed by atoms with van der Waals surface area (Å²) in [6.07, 6.45) is -1.28. The molecule has 1 saturated heterocycles. The van der Waals surface area contributed by atoms with Crippen LogP contribution < -0.4 is 10.6 Å². The molecule has 0 spiro atoms. The number of nitrogens with zero attached hydrogens (tertiary/aromatic N) is 5. The average Bonchev–Trinajstić information content (AvgIpc) is 3.30. The molecule has 4 heterocycles. The fourth-order valence-corrected chi connectivity index (χ4v) is 7.85. The van der Waals surface area contributed by atoms with Crippen molar-refractivity contribution in [1.29, 1.82) is 0 Å². The molecule has 1 unspecified atom stereocenters. The van der Waals surface area contributed by atoms with Gasteiger partial charge >= 0.3 is 6.09 Å². The minimum Gasteiger partial charge on any atom is -0.465 e. The molecule has 0 radical (unpaired) electrons. The zero-order valence-electron chi connectivity index (χ0n) is 19.3. The molecule has 3 aromatic rings. The number of hydrogen-bond donors (Lipinski definition) is 3.